The van der Waals surface area contributed by atoms with Crippen LogP contribution < -0.4 is 0 Å². The number of likely N-dealkylation sites (tertiary alicyclic amines) is 1. The lowest BCUT2D eigenvalue weighted by Crippen LogP contribution is -2.29. The molecular formula is C15H19NO. The molecule has 1 saturated heterocycles. The van der Waals surface area contributed by atoms with Crippen molar-refractivity contribution in [3.63, 3.8) is 0 Å². The summed E-state index contributed by atoms with van der Waals surface area (Å²) in [6.45, 7) is 4.56. The van der Waals surface area contributed by atoms with Crippen LogP contribution in [-0.2, 0) is 0 Å². The van der Waals surface area contributed by atoms with E-state index < -0.39 is 0 Å². The summed E-state index contributed by atoms with van der Waals surface area (Å²) in [5, 5.41) is 1.28. The molecule has 2 heteroatoms. The second-order valence-electron chi connectivity index (χ2n) is 5.17. The Morgan fingerprint density at radius 1 is 1.18 bits per heavy atom. The Bertz CT molecular complexity index is 521. The first-order valence-corrected chi connectivity index (χ1v) is 6.42. The van der Waals surface area contributed by atoms with Crippen LogP contribution in [0.3, 0.4) is 0 Å². The molecule has 0 amide bonds. The summed E-state index contributed by atoms with van der Waals surface area (Å²) in [5.41, 5.74) is 2.38. The van der Waals surface area contributed by atoms with Gasteiger partial charge in [-0.1, -0.05) is 18.2 Å². The highest BCUT2D eigenvalue weighted by atomic mass is 16.3. The zero-order valence-corrected chi connectivity index (χ0v) is 10.6. The maximum Gasteiger partial charge on any atom is 0.134 e. The molecule has 1 aliphatic rings. The maximum atomic E-state index is 6.06. The zero-order valence-electron chi connectivity index (χ0n) is 10.6. The summed E-state index contributed by atoms with van der Waals surface area (Å²) < 4.78 is 6.06. The minimum absolute atomic E-state index is 0.610. The molecule has 2 aromatic rings. The van der Waals surface area contributed by atoms with Gasteiger partial charge >= 0.3 is 0 Å². The van der Waals surface area contributed by atoms with Gasteiger partial charge in [-0.05, 0) is 51.5 Å². The van der Waals surface area contributed by atoms with Gasteiger partial charge in [-0.15, -0.1) is 0 Å². The van der Waals surface area contributed by atoms with Crippen LogP contribution in [0.25, 0.3) is 11.0 Å². The largest absolute Gasteiger partial charge is 0.460 e. The molecule has 0 unspecified atom stereocenters. The Kier molecular flexibility index (Phi) is 2.67. The molecule has 90 valence electrons. The summed E-state index contributed by atoms with van der Waals surface area (Å²) in [4.78, 5) is 2.40. The highest BCUT2D eigenvalue weighted by molar-refractivity contribution is 5.82. The van der Waals surface area contributed by atoms with E-state index in [1.54, 1.807) is 0 Å². The van der Waals surface area contributed by atoms with Crippen LogP contribution in [0, 0.1) is 6.92 Å². The summed E-state index contributed by atoms with van der Waals surface area (Å²) in [6, 6.07) is 8.36. The van der Waals surface area contributed by atoms with Crippen LogP contribution in [0.2, 0.25) is 0 Å². The normalized spacial score (nSPS) is 18.9. The number of rotatable bonds is 1. The first-order chi connectivity index (χ1) is 8.25. The van der Waals surface area contributed by atoms with Gasteiger partial charge in [0, 0.05) is 11.3 Å². The van der Waals surface area contributed by atoms with Gasteiger partial charge in [0.05, 0.1) is 0 Å². The minimum atomic E-state index is 0.610. The van der Waals surface area contributed by atoms with E-state index in [2.05, 4.69) is 37.1 Å². The average molecular weight is 229 g/mol. The number of furan rings is 1. The Hall–Kier alpha value is -1.28. The van der Waals surface area contributed by atoms with Crippen molar-refractivity contribution in [3.8, 4) is 0 Å². The lowest BCUT2D eigenvalue weighted by Gasteiger charge is -2.28. The first kappa shape index (κ1) is 10.8. The second kappa shape index (κ2) is 4.19. The molecule has 1 aromatic heterocycles. The number of piperidine rings is 1. The van der Waals surface area contributed by atoms with Crippen LogP contribution in [0.5, 0.6) is 0 Å². The van der Waals surface area contributed by atoms with E-state index in [9.17, 15) is 0 Å². The van der Waals surface area contributed by atoms with Gasteiger partial charge in [0.2, 0.25) is 0 Å². The number of hydrogen-bond donors (Lipinski definition) is 0. The smallest absolute Gasteiger partial charge is 0.134 e. The van der Waals surface area contributed by atoms with Crippen molar-refractivity contribution < 1.29 is 4.42 Å². The summed E-state index contributed by atoms with van der Waals surface area (Å²) in [6.07, 6.45) is 2.44. The molecule has 0 atom stereocenters. The van der Waals surface area contributed by atoms with Crippen LogP contribution in [-0.4, -0.2) is 25.0 Å². The van der Waals surface area contributed by atoms with Crippen molar-refractivity contribution in [2.45, 2.75) is 25.7 Å². The van der Waals surface area contributed by atoms with Gasteiger partial charge < -0.3 is 9.32 Å². The topological polar surface area (TPSA) is 16.4 Å². The van der Waals surface area contributed by atoms with Gasteiger partial charge in [0.1, 0.15) is 11.3 Å². The number of benzene rings is 1. The Morgan fingerprint density at radius 2 is 1.88 bits per heavy atom. The summed E-state index contributed by atoms with van der Waals surface area (Å²) in [7, 11) is 2.20. The van der Waals surface area contributed by atoms with Crippen molar-refractivity contribution in [2.75, 3.05) is 20.1 Å². The fourth-order valence-corrected chi connectivity index (χ4v) is 2.85. The van der Waals surface area contributed by atoms with Crippen molar-refractivity contribution in [1.82, 2.24) is 4.90 Å². The molecule has 0 radical (unpaired) electrons. The molecule has 1 aliphatic heterocycles. The van der Waals surface area contributed by atoms with Gasteiger partial charge in [-0.2, -0.15) is 0 Å². The van der Waals surface area contributed by atoms with Gasteiger partial charge in [-0.3, -0.25) is 0 Å². The summed E-state index contributed by atoms with van der Waals surface area (Å²) in [5.74, 6) is 1.83. The molecule has 0 saturated carbocycles. The molecule has 3 rings (SSSR count). The predicted octanol–water partition coefficient (Wildman–Crippen LogP) is 3.55. The van der Waals surface area contributed by atoms with Gasteiger partial charge in [-0.25, -0.2) is 0 Å². The molecule has 0 aliphatic carbocycles. The average Bonchev–Trinajstić information content (AvgIpc) is 2.69. The van der Waals surface area contributed by atoms with E-state index in [0.717, 1.165) is 5.58 Å². The Balaban J connectivity index is 1.97. The molecule has 17 heavy (non-hydrogen) atoms. The van der Waals surface area contributed by atoms with Crippen molar-refractivity contribution in [2.24, 2.45) is 0 Å². The van der Waals surface area contributed by atoms with Crippen LogP contribution in [0.1, 0.15) is 30.1 Å². The molecule has 0 spiro atoms. The van der Waals surface area contributed by atoms with Crippen LogP contribution in [0.4, 0.5) is 0 Å². The first-order valence-electron chi connectivity index (χ1n) is 6.42. The molecule has 0 bridgehead atoms. The standard InChI is InChI=1S/C15H19NO/c1-11-13-5-3-4-6-14(13)17-15(11)12-7-9-16(2)10-8-12/h3-6,12H,7-10H2,1-2H3. The van der Waals surface area contributed by atoms with E-state index >= 15 is 0 Å². The SMILES string of the molecule is Cc1c(C2CCN(C)CC2)oc2ccccc12. The van der Waals surface area contributed by atoms with Crippen LogP contribution in [0.15, 0.2) is 28.7 Å². The Morgan fingerprint density at radius 3 is 2.59 bits per heavy atom. The third-order valence-corrected chi connectivity index (χ3v) is 3.97. The number of nitrogens with zero attached hydrogens (tertiary/aromatic N) is 1. The van der Waals surface area contributed by atoms with Crippen LogP contribution >= 0.6 is 0 Å². The van der Waals surface area contributed by atoms with Gasteiger partial charge in [0.15, 0.2) is 0 Å². The molecule has 2 heterocycles. The van der Waals surface area contributed by atoms with Crippen molar-refractivity contribution in [1.29, 1.82) is 0 Å². The lowest BCUT2D eigenvalue weighted by molar-refractivity contribution is 0.242. The molecule has 1 fully saturated rings. The number of para-hydroxylation sites is 1. The predicted molar refractivity (Wildman–Crippen MR) is 70.4 cm³/mol. The highest BCUT2D eigenvalue weighted by Gasteiger charge is 2.23. The highest BCUT2D eigenvalue weighted by Crippen LogP contribution is 2.35. The van der Waals surface area contributed by atoms with E-state index in [1.807, 2.05) is 6.07 Å². The van der Waals surface area contributed by atoms with Crippen molar-refractivity contribution >= 4 is 11.0 Å². The Labute approximate surface area is 102 Å². The van der Waals surface area contributed by atoms with E-state index in [4.69, 9.17) is 4.42 Å². The summed E-state index contributed by atoms with van der Waals surface area (Å²) >= 11 is 0. The third-order valence-electron chi connectivity index (χ3n) is 3.97. The maximum absolute atomic E-state index is 6.06. The molecule has 0 N–H and O–H groups in total. The number of hydrogen-bond acceptors (Lipinski definition) is 2. The number of fused-ring (bicyclic) bond motifs is 1. The molecular weight excluding hydrogens is 210 g/mol. The lowest BCUT2D eigenvalue weighted by atomic mass is 9.92. The minimum Gasteiger partial charge on any atom is -0.460 e. The van der Waals surface area contributed by atoms with Crippen molar-refractivity contribution in [3.05, 3.63) is 35.6 Å². The molecule has 1 aromatic carbocycles. The van der Waals surface area contributed by atoms with E-state index in [-0.39, 0.29) is 0 Å². The van der Waals surface area contributed by atoms with Gasteiger partial charge in [0.25, 0.3) is 0 Å². The molecule has 2 nitrogen and oxygen atoms in total. The quantitative estimate of drug-likeness (QED) is 0.743. The monoisotopic (exact) mass is 229 g/mol. The van der Waals surface area contributed by atoms with E-state index in [1.165, 1.54) is 42.6 Å². The third kappa shape index (κ3) is 1.87. The zero-order chi connectivity index (χ0) is 11.8. The number of aryl methyl sites for hydroxylation is 1. The second-order valence-corrected chi connectivity index (χ2v) is 5.17. The fourth-order valence-electron chi connectivity index (χ4n) is 2.85. The van der Waals surface area contributed by atoms with E-state index in [0.29, 0.717) is 5.92 Å². The fraction of sp³-hybridized carbons (Fsp3) is 0.467.